The second-order valence-electron chi connectivity index (χ2n) is 4.53. The lowest BCUT2D eigenvalue weighted by atomic mass is 9.83. The first-order chi connectivity index (χ1) is 7.97. The summed E-state index contributed by atoms with van der Waals surface area (Å²) in [5, 5.41) is 7.08. The Morgan fingerprint density at radius 3 is 2.71 bits per heavy atom. The molecule has 1 aliphatic rings. The van der Waals surface area contributed by atoms with Crippen LogP contribution in [-0.4, -0.2) is 21.5 Å². The number of hydrogen-bond acceptors (Lipinski definition) is 3. The van der Waals surface area contributed by atoms with Gasteiger partial charge in [-0.2, -0.15) is 5.10 Å². The minimum atomic E-state index is -0.164. The number of anilines is 1. The van der Waals surface area contributed by atoms with E-state index in [2.05, 4.69) is 33.0 Å². The smallest absolute Gasteiger partial charge is 0.229 e. The Bertz CT molecular complexity index is 459. The maximum atomic E-state index is 11.8. The summed E-state index contributed by atoms with van der Waals surface area (Å²) in [5.74, 6) is 0.482. The summed E-state index contributed by atoms with van der Waals surface area (Å²) in [7, 11) is 0. The highest BCUT2D eigenvalue weighted by atomic mass is 127. The van der Waals surface area contributed by atoms with Crippen LogP contribution in [0.2, 0.25) is 0 Å². The average molecular weight is 347 g/mol. The first-order valence-electron chi connectivity index (χ1n) is 5.54. The molecule has 1 aromatic rings. The highest BCUT2D eigenvalue weighted by Gasteiger charge is 2.33. The molecule has 1 aliphatic carbocycles. The molecule has 1 amide bonds. The number of ketones is 1. The number of rotatable bonds is 3. The van der Waals surface area contributed by atoms with Crippen molar-refractivity contribution in [3.8, 4) is 0 Å². The highest BCUT2D eigenvalue weighted by molar-refractivity contribution is 14.1. The van der Waals surface area contributed by atoms with E-state index < -0.39 is 0 Å². The lowest BCUT2D eigenvalue weighted by Crippen LogP contribution is -2.34. The summed E-state index contributed by atoms with van der Waals surface area (Å²) in [4.78, 5) is 22.6. The second-order valence-corrected chi connectivity index (χ2v) is 5.69. The van der Waals surface area contributed by atoms with Gasteiger partial charge in [0.25, 0.3) is 0 Å². The summed E-state index contributed by atoms with van der Waals surface area (Å²) < 4.78 is 2.72. The Morgan fingerprint density at radius 2 is 2.24 bits per heavy atom. The van der Waals surface area contributed by atoms with Gasteiger partial charge in [-0.05, 0) is 36.4 Å². The fourth-order valence-electron chi connectivity index (χ4n) is 1.61. The van der Waals surface area contributed by atoms with Gasteiger partial charge in [-0.15, -0.1) is 0 Å². The van der Waals surface area contributed by atoms with E-state index >= 15 is 0 Å². The molecule has 17 heavy (non-hydrogen) atoms. The molecule has 0 aliphatic heterocycles. The average Bonchev–Trinajstić information content (AvgIpc) is 2.56. The van der Waals surface area contributed by atoms with Crippen molar-refractivity contribution >= 4 is 40.1 Å². The predicted octanol–water partition coefficient (Wildman–Crippen LogP) is 1.99. The van der Waals surface area contributed by atoms with Crippen LogP contribution in [0.1, 0.15) is 32.7 Å². The largest absolute Gasteiger partial charge is 0.308 e. The van der Waals surface area contributed by atoms with Gasteiger partial charge in [-0.1, -0.05) is 0 Å². The summed E-state index contributed by atoms with van der Waals surface area (Å²) >= 11 is 2.14. The van der Waals surface area contributed by atoms with E-state index in [0.717, 1.165) is 3.57 Å². The van der Waals surface area contributed by atoms with Crippen LogP contribution in [0.25, 0.3) is 0 Å². The summed E-state index contributed by atoms with van der Waals surface area (Å²) in [6.07, 6.45) is 2.63. The Morgan fingerprint density at radius 1 is 1.59 bits per heavy atom. The second kappa shape index (κ2) is 4.75. The summed E-state index contributed by atoms with van der Waals surface area (Å²) in [5.41, 5.74) is 0. The first-order valence-corrected chi connectivity index (χ1v) is 6.62. The van der Waals surface area contributed by atoms with E-state index in [1.807, 2.05) is 24.7 Å². The van der Waals surface area contributed by atoms with Crippen LogP contribution in [0.15, 0.2) is 6.20 Å². The quantitative estimate of drug-likeness (QED) is 0.851. The number of nitrogens with zero attached hydrogens (tertiary/aromatic N) is 2. The van der Waals surface area contributed by atoms with Crippen molar-refractivity contribution in [1.29, 1.82) is 0 Å². The van der Waals surface area contributed by atoms with Gasteiger partial charge in [0.1, 0.15) is 5.78 Å². The first kappa shape index (κ1) is 12.5. The SMILES string of the molecule is CC(C)n1cc(I)c(NC(=O)C2CC(=O)C2)n1. The van der Waals surface area contributed by atoms with Crippen molar-refractivity contribution in [3.05, 3.63) is 9.77 Å². The molecule has 0 unspecified atom stereocenters. The number of carbonyl (C=O) groups excluding carboxylic acids is 2. The molecule has 0 aromatic carbocycles. The predicted molar refractivity (Wildman–Crippen MR) is 71.7 cm³/mol. The molecule has 1 saturated carbocycles. The van der Waals surface area contributed by atoms with Crippen molar-refractivity contribution in [2.75, 3.05) is 5.32 Å². The molecule has 92 valence electrons. The fraction of sp³-hybridized carbons (Fsp3) is 0.545. The minimum Gasteiger partial charge on any atom is -0.308 e. The van der Waals surface area contributed by atoms with Crippen molar-refractivity contribution in [3.63, 3.8) is 0 Å². The molecule has 0 spiro atoms. The zero-order chi connectivity index (χ0) is 12.6. The van der Waals surface area contributed by atoms with Gasteiger partial charge in [0.05, 0.1) is 9.49 Å². The van der Waals surface area contributed by atoms with Gasteiger partial charge in [0.15, 0.2) is 5.82 Å². The normalized spacial score (nSPS) is 16.1. The van der Waals surface area contributed by atoms with Crippen LogP contribution < -0.4 is 5.32 Å². The van der Waals surface area contributed by atoms with Gasteiger partial charge in [-0.3, -0.25) is 14.3 Å². The Labute approximate surface area is 113 Å². The number of aromatic nitrogens is 2. The number of halogens is 1. The van der Waals surface area contributed by atoms with Crippen molar-refractivity contribution in [1.82, 2.24) is 9.78 Å². The third-order valence-electron chi connectivity index (χ3n) is 2.78. The standard InChI is InChI=1S/C11H14IN3O2/c1-6(2)15-5-9(12)10(14-15)13-11(17)7-3-8(16)4-7/h5-7H,3-4H2,1-2H3,(H,13,14,17). The van der Waals surface area contributed by atoms with Crippen LogP contribution >= 0.6 is 22.6 Å². The zero-order valence-electron chi connectivity index (χ0n) is 9.74. The molecule has 0 radical (unpaired) electrons. The van der Waals surface area contributed by atoms with E-state index in [9.17, 15) is 9.59 Å². The van der Waals surface area contributed by atoms with Crippen LogP contribution in [-0.2, 0) is 9.59 Å². The molecule has 0 saturated heterocycles. The molecular formula is C11H14IN3O2. The number of carbonyl (C=O) groups is 2. The van der Waals surface area contributed by atoms with Gasteiger partial charge < -0.3 is 5.32 Å². The molecule has 1 aromatic heterocycles. The Kier molecular flexibility index (Phi) is 3.50. The minimum absolute atomic E-state index is 0.100. The van der Waals surface area contributed by atoms with Crippen LogP contribution in [0, 0.1) is 9.49 Å². The highest BCUT2D eigenvalue weighted by Crippen LogP contribution is 2.25. The van der Waals surface area contributed by atoms with E-state index in [4.69, 9.17) is 0 Å². The van der Waals surface area contributed by atoms with Gasteiger partial charge in [0, 0.05) is 25.1 Å². The molecule has 0 atom stereocenters. The fourth-order valence-corrected chi connectivity index (χ4v) is 2.14. The maximum absolute atomic E-state index is 11.8. The van der Waals surface area contributed by atoms with Crippen LogP contribution in [0.4, 0.5) is 5.82 Å². The number of amides is 1. The number of Topliss-reactive ketones (excluding diaryl/α,β-unsaturated/α-hetero) is 1. The third kappa shape index (κ3) is 2.67. The molecule has 0 bridgehead atoms. The third-order valence-corrected chi connectivity index (χ3v) is 3.57. The topological polar surface area (TPSA) is 64.0 Å². The van der Waals surface area contributed by atoms with Crippen LogP contribution in [0.5, 0.6) is 0 Å². The van der Waals surface area contributed by atoms with Crippen molar-refractivity contribution in [2.45, 2.75) is 32.7 Å². The van der Waals surface area contributed by atoms with E-state index in [0.29, 0.717) is 18.7 Å². The Hall–Kier alpha value is -0.920. The molecule has 2 rings (SSSR count). The van der Waals surface area contributed by atoms with E-state index in [1.165, 1.54) is 0 Å². The number of nitrogens with one attached hydrogen (secondary N) is 1. The Balaban J connectivity index is 2.03. The number of hydrogen-bond donors (Lipinski definition) is 1. The van der Waals surface area contributed by atoms with Crippen molar-refractivity contribution in [2.24, 2.45) is 5.92 Å². The van der Waals surface area contributed by atoms with E-state index in [1.54, 1.807) is 0 Å². The lowest BCUT2D eigenvalue weighted by molar-refractivity contribution is -0.135. The molecule has 1 N–H and O–H groups in total. The molecular weight excluding hydrogens is 333 g/mol. The zero-order valence-corrected chi connectivity index (χ0v) is 11.9. The van der Waals surface area contributed by atoms with Crippen molar-refractivity contribution < 1.29 is 9.59 Å². The molecule has 1 fully saturated rings. The van der Waals surface area contributed by atoms with Gasteiger partial charge in [-0.25, -0.2) is 0 Å². The summed E-state index contributed by atoms with van der Waals surface area (Å²) in [6, 6.07) is 0.263. The van der Waals surface area contributed by atoms with Gasteiger partial charge in [0.2, 0.25) is 5.91 Å². The lowest BCUT2D eigenvalue weighted by Gasteiger charge is -2.22. The molecule has 5 nitrogen and oxygen atoms in total. The summed E-state index contributed by atoms with van der Waals surface area (Å²) in [6.45, 7) is 4.05. The maximum Gasteiger partial charge on any atom is 0.229 e. The monoisotopic (exact) mass is 347 g/mol. The van der Waals surface area contributed by atoms with Gasteiger partial charge >= 0.3 is 0 Å². The molecule has 6 heteroatoms. The van der Waals surface area contributed by atoms with Crippen LogP contribution in [0.3, 0.4) is 0 Å². The van der Waals surface area contributed by atoms with E-state index in [-0.39, 0.29) is 23.7 Å². The molecule has 1 heterocycles.